The Hall–Kier alpha value is -1.23. The number of hydrogen-bond acceptors (Lipinski definition) is 2. The van der Waals surface area contributed by atoms with Crippen LogP contribution in [0.5, 0.6) is 5.75 Å². The molecule has 14 heavy (non-hydrogen) atoms. The molecule has 1 aromatic carbocycles. The maximum atomic E-state index is 13.0. The highest BCUT2D eigenvalue weighted by molar-refractivity contribution is 5.32. The lowest BCUT2D eigenvalue weighted by Gasteiger charge is -2.05. The molecule has 2 N–H and O–H groups in total. The first-order valence-corrected chi connectivity index (χ1v) is 4.04. The summed E-state index contributed by atoms with van der Waals surface area (Å²) in [4.78, 5) is 0. The van der Waals surface area contributed by atoms with E-state index in [-0.39, 0.29) is 25.0 Å². The van der Waals surface area contributed by atoms with Crippen LogP contribution in [0.15, 0.2) is 6.07 Å². The first-order chi connectivity index (χ1) is 6.57. The number of benzene rings is 1. The Kier molecular flexibility index (Phi) is 3.35. The molecule has 78 valence electrons. The summed E-state index contributed by atoms with van der Waals surface area (Å²) >= 11 is 0. The van der Waals surface area contributed by atoms with Crippen LogP contribution in [0, 0.1) is 17.5 Å². The fourth-order valence-corrected chi connectivity index (χ4v) is 1.09. The standard InChI is InChI=1S/C9H9F3O2/c10-6-4-5(2-1-3-13)7(11)9(14)8(6)12/h4,13-14H,1-3H2. The Morgan fingerprint density at radius 1 is 1.14 bits per heavy atom. The van der Waals surface area contributed by atoms with E-state index in [1.165, 1.54) is 0 Å². The van der Waals surface area contributed by atoms with E-state index in [2.05, 4.69) is 0 Å². The van der Waals surface area contributed by atoms with E-state index in [4.69, 9.17) is 10.2 Å². The van der Waals surface area contributed by atoms with Gasteiger partial charge in [0.2, 0.25) is 5.82 Å². The molecular formula is C9H9F3O2. The third-order valence-corrected chi connectivity index (χ3v) is 1.81. The van der Waals surface area contributed by atoms with Gasteiger partial charge in [0.15, 0.2) is 17.4 Å². The summed E-state index contributed by atoms with van der Waals surface area (Å²) in [6.07, 6.45) is 0.272. The molecular weight excluding hydrogens is 197 g/mol. The van der Waals surface area contributed by atoms with Crippen LogP contribution in [-0.2, 0) is 6.42 Å². The molecule has 0 saturated carbocycles. The molecule has 0 aliphatic rings. The highest BCUT2D eigenvalue weighted by Gasteiger charge is 2.17. The highest BCUT2D eigenvalue weighted by Crippen LogP contribution is 2.26. The Labute approximate surface area is 78.6 Å². The van der Waals surface area contributed by atoms with E-state index >= 15 is 0 Å². The fourth-order valence-electron chi connectivity index (χ4n) is 1.09. The summed E-state index contributed by atoms with van der Waals surface area (Å²) < 4.78 is 38.3. The topological polar surface area (TPSA) is 40.5 Å². The molecule has 0 saturated heterocycles. The zero-order chi connectivity index (χ0) is 10.7. The van der Waals surface area contributed by atoms with E-state index in [0.29, 0.717) is 6.07 Å². The predicted octanol–water partition coefficient (Wildman–Crippen LogP) is 1.73. The molecule has 1 rings (SSSR count). The molecule has 1 aromatic rings. The molecule has 0 aliphatic carbocycles. The van der Waals surface area contributed by atoms with E-state index in [9.17, 15) is 13.2 Å². The second kappa shape index (κ2) is 4.32. The normalized spacial score (nSPS) is 10.6. The first-order valence-electron chi connectivity index (χ1n) is 4.04. The third-order valence-electron chi connectivity index (χ3n) is 1.81. The summed E-state index contributed by atoms with van der Waals surface area (Å²) in [7, 11) is 0. The minimum absolute atomic E-state index is 0.0487. The SMILES string of the molecule is OCCCc1cc(F)c(F)c(O)c1F. The van der Waals surface area contributed by atoms with E-state index in [1.807, 2.05) is 0 Å². The van der Waals surface area contributed by atoms with E-state index in [0.717, 1.165) is 0 Å². The summed E-state index contributed by atoms with van der Waals surface area (Å²) in [6, 6.07) is 0.681. The van der Waals surface area contributed by atoms with Crippen molar-refractivity contribution in [3.8, 4) is 5.75 Å². The van der Waals surface area contributed by atoms with Gasteiger partial charge in [-0.15, -0.1) is 0 Å². The highest BCUT2D eigenvalue weighted by atomic mass is 19.2. The Morgan fingerprint density at radius 2 is 1.79 bits per heavy atom. The molecule has 0 radical (unpaired) electrons. The lowest BCUT2D eigenvalue weighted by molar-refractivity contribution is 0.287. The summed E-state index contributed by atoms with van der Waals surface area (Å²) in [6.45, 7) is -0.181. The van der Waals surface area contributed by atoms with Crippen LogP contribution in [-0.4, -0.2) is 16.8 Å². The Balaban J connectivity index is 3.06. The minimum atomic E-state index is -1.59. The van der Waals surface area contributed by atoms with Gasteiger partial charge in [-0.3, -0.25) is 0 Å². The van der Waals surface area contributed by atoms with E-state index < -0.39 is 23.2 Å². The number of aromatic hydroxyl groups is 1. The number of aryl methyl sites for hydroxylation is 1. The van der Waals surface area contributed by atoms with Gasteiger partial charge >= 0.3 is 0 Å². The summed E-state index contributed by atoms with van der Waals surface area (Å²) in [5, 5.41) is 17.3. The van der Waals surface area contributed by atoms with Crippen LogP contribution < -0.4 is 0 Å². The van der Waals surface area contributed by atoms with Crippen molar-refractivity contribution < 1.29 is 23.4 Å². The van der Waals surface area contributed by atoms with Gasteiger partial charge in [0, 0.05) is 6.61 Å². The molecule has 0 amide bonds. The zero-order valence-electron chi connectivity index (χ0n) is 7.23. The van der Waals surface area contributed by atoms with Gasteiger partial charge in [-0.25, -0.2) is 8.78 Å². The van der Waals surface area contributed by atoms with Crippen molar-refractivity contribution >= 4 is 0 Å². The van der Waals surface area contributed by atoms with Gasteiger partial charge < -0.3 is 10.2 Å². The molecule has 2 nitrogen and oxygen atoms in total. The van der Waals surface area contributed by atoms with Crippen molar-refractivity contribution in [3.63, 3.8) is 0 Å². The maximum Gasteiger partial charge on any atom is 0.203 e. The number of halogens is 3. The van der Waals surface area contributed by atoms with Crippen LogP contribution in [0.25, 0.3) is 0 Å². The van der Waals surface area contributed by atoms with Gasteiger partial charge in [0.1, 0.15) is 0 Å². The summed E-state index contributed by atoms with van der Waals surface area (Å²) in [5.41, 5.74) is -0.143. The molecule has 0 spiro atoms. The number of phenols is 1. The quantitative estimate of drug-likeness (QED) is 0.739. The van der Waals surface area contributed by atoms with Crippen molar-refractivity contribution in [1.29, 1.82) is 0 Å². The van der Waals surface area contributed by atoms with Gasteiger partial charge in [-0.05, 0) is 24.5 Å². The Bertz CT molecular complexity index is 339. The number of hydrogen-bond donors (Lipinski definition) is 2. The smallest absolute Gasteiger partial charge is 0.203 e. The predicted molar refractivity (Wildman–Crippen MR) is 43.4 cm³/mol. The lowest BCUT2D eigenvalue weighted by atomic mass is 10.1. The van der Waals surface area contributed by atoms with Crippen molar-refractivity contribution in [2.75, 3.05) is 6.61 Å². The van der Waals surface area contributed by atoms with Crippen molar-refractivity contribution in [1.82, 2.24) is 0 Å². The summed E-state index contributed by atoms with van der Waals surface area (Å²) in [5.74, 6) is -5.36. The van der Waals surface area contributed by atoms with E-state index in [1.54, 1.807) is 0 Å². The number of phenolic OH excluding ortho intramolecular Hbond substituents is 1. The van der Waals surface area contributed by atoms with Gasteiger partial charge in [-0.2, -0.15) is 4.39 Å². The second-order valence-corrected chi connectivity index (χ2v) is 2.82. The first kappa shape index (κ1) is 10.8. The van der Waals surface area contributed by atoms with Crippen molar-refractivity contribution in [2.45, 2.75) is 12.8 Å². The molecule has 0 aliphatic heterocycles. The number of rotatable bonds is 3. The zero-order valence-corrected chi connectivity index (χ0v) is 7.23. The molecule has 0 heterocycles. The largest absolute Gasteiger partial charge is 0.503 e. The Morgan fingerprint density at radius 3 is 2.36 bits per heavy atom. The second-order valence-electron chi connectivity index (χ2n) is 2.82. The monoisotopic (exact) mass is 206 g/mol. The fraction of sp³-hybridized carbons (Fsp3) is 0.333. The van der Waals surface area contributed by atoms with Crippen LogP contribution in [0.3, 0.4) is 0 Å². The average molecular weight is 206 g/mol. The van der Waals surface area contributed by atoms with Crippen LogP contribution >= 0.6 is 0 Å². The third kappa shape index (κ3) is 1.98. The number of aliphatic hydroxyl groups excluding tert-OH is 1. The van der Waals surface area contributed by atoms with Crippen LogP contribution in [0.4, 0.5) is 13.2 Å². The molecule has 0 aromatic heterocycles. The number of aliphatic hydroxyl groups is 1. The van der Waals surface area contributed by atoms with Gasteiger partial charge in [0.05, 0.1) is 0 Å². The average Bonchev–Trinajstić information content (AvgIpc) is 2.18. The lowest BCUT2D eigenvalue weighted by Crippen LogP contribution is -1.98. The van der Waals surface area contributed by atoms with Gasteiger partial charge in [0.25, 0.3) is 0 Å². The molecule has 5 heteroatoms. The van der Waals surface area contributed by atoms with Crippen molar-refractivity contribution in [3.05, 3.63) is 29.1 Å². The molecule has 0 fully saturated rings. The molecule has 0 unspecified atom stereocenters. The minimum Gasteiger partial charge on any atom is -0.503 e. The van der Waals surface area contributed by atoms with Crippen LogP contribution in [0.2, 0.25) is 0 Å². The van der Waals surface area contributed by atoms with Crippen molar-refractivity contribution in [2.24, 2.45) is 0 Å². The maximum absolute atomic E-state index is 13.0. The molecule has 0 atom stereocenters. The molecule has 0 bridgehead atoms. The van der Waals surface area contributed by atoms with Gasteiger partial charge in [-0.1, -0.05) is 0 Å². The van der Waals surface area contributed by atoms with Crippen LogP contribution in [0.1, 0.15) is 12.0 Å².